The molecule has 3 amide bonds. The lowest BCUT2D eigenvalue weighted by Gasteiger charge is -2.17. The van der Waals surface area contributed by atoms with Crippen LogP contribution < -0.4 is 15.5 Å². The third-order valence-electron chi connectivity index (χ3n) is 4.12. The molecule has 2 rings (SSSR count). The number of nitrogens with one attached hydrogen (secondary N) is 2. The third kappa shape index (κ3) is 6.15. The van der Waals surface area contributed by atoms with Crippen LogP contribution in [0.4, 0.5) is 11.4 Å². The molecule has 1 fully saturated rings. The molecule has 0 radical (unpaired) electrons. The van der Waals surface area contributed by atoms with Crippen molar-refractivity contribution in [2.75, 3.05) is 36.9 Å². The summed E-state index contributed by atoms with van der Waals surface area (Å²) in [5.74, 6) is -0.00704. The van der Waals surface area contributed by atoms with Gasteiger partial charge in [-0.25, -0.2) is 0 Å². The Balaban J connectivity index is 1.75. The van der Waals surface area contributed by atoms with Crippen molar-refractivity contribution in [1.82, 2.24) is 10.2 Å². The first-order valence-electron chi connectivity index (χ1n) is 9.03. The van der Waals surface area contributed by atoms with Gasteiger partial charge in [0.1, 0.15) is 0 Å². The van der Waals surface area contributed by atoms with Crippen molar-refractivity contribution in [3.8, 4) is 0 Å². The molecule has 0 spiro atoms. The first-order chi connectivity index (χ1) is 12.3. The lowest BCUT2D eigenvalue weighted by atomic mass is 10.2. The smallest absolute Gasteiger partial charge is 0.234 e. The van der Waals surface area contributed by atoms with Gasteiger partial charge in [0.25, 0.3) is 0 Å². The molecule has 0 saturated carbocycles. The number of likely N-dealkylation sites (N-methyl/N-ethyl adjacent to an activating group) is 1. The minimum atomic E-state index is -0.105. The van der Waals surface area contributed by atoms with E-state index >= 15 is 0 Å². The quantitative estimate of drug-likeness (QED) is 0.738. The van der Waals surface area contributed by atoms with E-state index in [0.717, 1.165) is 18.7 Å². The second-order valence-corrected chi connectivity index (χ2v) is 6.95. The van der Waals surface area contributed by atoms with E-state index in [4.69, 9.17) is 0 Å². The van der Waals surface area contributed by atoms with Gasteiger partial charge in [-0.1, -0.05) is 0 Å². The summed E-state index contributed by atoms with van der Waals surface area (Å²) in [6.07, 6.45) is 1.79. The summed E-state index contributed by atoms with van der Waals surface area (Å²) in [7, 11) is 1.81. The van der Waals surface area contributed by atoms with Crippen molar-refractivity contribution in [3.05, 3.63) is 24.3 Å². The van der Waals surface area contributed by atoms with Gasteiger partial charge in [-0.05, 0) is 51.6 Å². The van der Waals surface area contributed by atoms with Gasteiger partial charge in [0.15, 0.2) is 0 Å². The van der Waals surface area contributed by atoms with Crippen molar-refractivity contribution in [1.29, 1.82) is 0 Å². The Labute approximate surface area is 154 Å². The lowest BCUT2D eigenvalue weighted by molar-refractivity contribution is -0.123. The maximum Gasteiger partial charge on any atom is 0.234 e. The van der Waals surface area contributed by atoms with Crippen LogP contribution >= 0.6 is 0 Å². The molecule has 7 heteroatoms. The molecule has 142 valence electrons. The molecule has 1 heterocycles. The molecule has 7 nitrogen and oxygen atoms in total. The molecule has 0 bridgehead atoms. The number of anilines is 2. The third-order valence-corrected chi connectivity index (χ3v) is 4.12. The van der Waals surface area contributed by atoms with E-state index in [1.807, 2.05) is 37.9 Å². The summed E-state index contributed by atoms with van der Waals surface area (Å²) in [5.41, 5.74) is 1.56. The predicted octanol–water partition coefficient (Wildman–Crippen LogP) is 1.60. The number of hydrogen-bond donors (Lipinski definition) is 2. The van der Waals surface area contributed by atoms with Gasteiger partial charge in [-0.15, -0.1) is 0 Å². The normalized spacial score (nSPS) is 14.2. The highest BCUT2D eigenvalue weighted by Crippen LogP contribution is 2.23. The molecule has 1 aromatic rings. The van der Waals surface area contributed by atoms with Gasteiger partial charge in [0.2, 0.25) is 17.7 Å². The summed E-state index contributed by atoms with van der Waals surface area (Å²) in [5, 5.41) is 5.67. The first-order valence-corrected chi connectivity index (χ1v) is 9.03. The minimum absolute atomic E-state index is 0.0463. The van der Waals surface area contributed by atoms with Gasteiger partial charge in [-0.2, -0.15) is 0 Å². The largest absolute Gasteiger partial charge is 0.353 e. The second-order valence-electron chi connectivity index (χ2n) is 6.95. The number of nitrogens with zero attached hydrogens (tertiary/aromatic N) is 2. The van der Waals surface area contributed by atoms with Crippen LogP contribution in [-0.2, 0) is 14.4 Å². The van der Waals surface area contributed by atoms with Crippen molar-refractivity contribution < 1.29 is 14.4 Å². The van der Waals surface area contributed by atoms with Crippen molar-refractivity contribution in [3.63, 3.8) is 0 Å². The van der Waals surface area contributed by atoms with E-state index in [0.29, 0.717) is 25.1 Å². The molecule has 0 unspecified atom stereocenters. The zero-order chi connectivity index (χ0) is 19.1. The van der Waals surface area contributed by atoms with Crippen LogP contribution in [-0.4, -0.2) is 55.3 Å². The van der Waals surface area contributed by atoms with Crippen LogP contribution in [0.5, 0.6) is 0 Å². The molecule has 1 aromatic carbocycles. The summed E-state index contributed by atoms with van der Waals surface area (Å²) in [4.78, 5) is 39.1. The predicted molar refractivity (Wildman–Crippen MR) is 102 cm³/mol. The van der Waals surface area contributed by atoms with E-state index in [9.17, 15) is 14.4 Å². The average Bonchev–Trinajstić information content (AvgIpc) is 2.99. The molecule has 0 aromatic heterocycles. The summed E-state index contributed by atoms with van der Waals surface area (Å²) >= 11 is 0. The van der Waals surface area contributed by atoms with Crippen LogP contribution in [0.3, 0.4) is 0 Å². The van der Waals surface area contributed by atoms with Crippen LogP contribution in [0.1, 0.15) is 33.1 Å². The van der Waals surface area contributed by atoms with E-state index in [1.54, 1.807) is 17.0 Å². The molecule has 26 heavy (non-hydrogen) atoms. The van der Waals surface area contributed by atoms with E-state index in [-0.39, 0.29) is 30.3 Å². The Morgan fingerprint density at radius 1 is 1.19 bits per heavy atom. The maximum atomic E-state index is 12.1. The molecule has 2 N–H and O–H groups in total. The number of rotatable bonds is 8. The van der Waals surface area contributed by atoms with Crippen LogP contribution in [0.25, 0.3) is 0 Å². The van der Waals surface area contributed by atoms with E-state index < -0.39 is 0 Å². The highest BCUT2D eigenvalue weighted by molar-refractivity contribution is 5.96. The van der Waals surface area contributed by atoms with Crippen LogP contribution in [0.2, 0.25) is 0 Å². The van der Waals surface area contributed by atoms with Crippen molar-refractivity contribution >= 4 is 29.1 Å². The molecule has 1 aliphatic heterocycles. The Morgan fingerprint density at radius 3 is 2.46 bits per heavy atom. The number of amides is 3. The fourth-order valence-corrected chi connectivity index (χ4v) is 2.85. The van der Waals surface area contributed by atoms with Crippen molar-refractivity contribution in [2.24, 2.45) is 0 Å². The molecular weight excluding hydrogens is 332 g/mol. The van der Waals surface area contributed by atoms with Gasteiger partial charge in [0, 0.05) is 43.3 Å². The fourth-order valence-electron chi connectivity index (χ4n) is 2.85. The summed E-state index contributed by atoms with van der Waals surface area (Å²) in [6.45, 7) is 5.34. The lowest BCUT2D eigenvalue weighted by Crippen LogP contribution is -2.39. The van der Waals surface area contributed by atoms with Crippen LogP contribution in [0.15, 0.2) is 24.3 Å². The number of benzene rings is 1. The van der Waals surface area contributed by atoms with Gasteiger partial charge < -0.3 is 15.5 Å². The number of carbonyl (C=O) groups excluding carboxylic acids is 3. The monoisotopic (exact) mass is 360 g/mol. The average molecular weight is 360 g/mol. The van der Waals surface area contributed by atoms with Crippen molar-refractivity contribution in [2.45, 2.75) is 39.2 Å². The number of hydrogen-bond acceptors (Lipinski definition) is 4. The Bertz CT molecular complexity index is 643. The highest BCUT2D eigenvalue weighted by Gasteiger charge is 2.21. The standard InChI is InChI=1S/C19H28N4O3/c1-14(2)20-18(25)13-22(3)12-10-17(24)21-15-6-8-16(9-7-15)23-11-4-5-19(23)26/h6-9,14H,4-5,10-13H2,1-3H3,(H,20,25)(H,21,24). The minimum Gasteiger partial charge on any atom is -0.353 e. The summed E-state index contributed by atoms with van der Waals surface area (Å²) < 4.78 is 0. The Hall–Kier alpha value is -2.41. The van der Waals surface area contributed by atoms with Crippen LogP contribution in [0, 0.1) is 0 Å². The molecule has 0 aliphatic carbocycles. The van der Waals surface area contributed by atoms with Gasteiger partial charge in [0.05, 0.1) is 6.54 Å². The topological polar surface area (TPSA) is 81.8 Å². The van der Waals surface area contributed by atoms with E-state index in [1.165, 1.54) is 0 Å². The second kappa shape index (κ2) is 9.33. The fraction of sp³-hybridized carbons (Fsp3) is 0.526. The van der Waals surface area contributed by atoms with Gasteiger partial charge >= 0.3 is 0 Å². The zero-order valence-corrected chi connectivity index (χ0v) is 15.7. The molecule has 1 saturated heterocycles. The molecule has 1 aliphatic rings. The Morgan fingerprint density at radius 2 is 1.88 bits per heavy atom. The first kappa shape index (κ1) is 19.9. The summed E-state index contributed by atoms with van der Waals surface area (Å²) in [6, 6.07) is 7.41. The molecule has 0 atom stereocenters. The highest BCUT2D eigenvalue weighted by atomic mass is 16.2. The number of carbonyl (C=O) groups is 3. The van der Waals surface area contributed by atoms with E-state index in [2.05, 4.69) is 10.6 Å². The van der Waals surface area contributed by atoms with Gasteiger partial charge in [-0.3, -0.25) is 19.3 Å². The zero-order valence-electron chi connectivity index (χ0n) is 15.7. The Kier molecular flexibility index (Phi) is 7.15. The SMILES string of the molecule is CC(C)NC(=O)CN(C)CCC(=O)Nc1ccc(N2CCCC2=O)cc1. The maximum absolute atomic E-state index is 12.1. The molecular formula is C19H28N4O3.